The standard InChI is InChI=1S/C20H23N3O3/c1-14(24)23(2)18-9-5-8-17(11-18)22-20(25)21-12-19-10-15-6-3-4-7-16(15)13-26-19/h3-9,11,19H,10,12-13H2,1-2H3,(H2,21,22,25)/t19-/m0/s1. The predicted octanol–water partition coefficient (Wildman–Crippen LogP) is 2.93. The summed E-state index contributed by atoms with van der Waals surface area (Å²) in [5.41, 5.74) is 3.83. The fourth-order valence-corrected chi connectivity index (χ4v) is 2.90. The quantitative estimate of drug-likeness (QED) is 0.888. The number of nitrogens with one attached hydrogen (secondary N) is 2. The number of rotatable bonds is 4. The molecule has 3 amide bonds. The zero-order chi connectivity index (χ0) is 18.5. The fourth-order valence-electron chi connectivity index (χ4n) is 2.90. The summed E-state index contributed by atoms with van der Waals surface area (Å²) in [7, 11) is 1.69. The first-order chi connectivity index (χ1) is 12.5. The number of hydrogen-bond acceptors (Lipinski definition) is 3. The molecule has 6 nitrogen and oxygen atoms in total. The van der Waals surface area contributed by atoms with Crippen LogP contribution in [-0.2, 0) is 22.6 Å². The van der Waals surface area contributed by atoms with Crippen LogP contribution in [0.5, 0.6) is 0 Å². The second kappa shape index (κ2) is 8.01. The van der Waals surface area contributed by atoms with Crippen LogP contribution in [0.1, 0.15) is 18.1 Å². The molecule has 26 heavy (non-hydrogen) atoms. The van der Waals surface area contributed by atoms with Crippen LogP contribution in [-0.4, -0.2) is 31.6 Å². The van der Waals surface area contributed by atoms with Crippen molar-refractivity contribution in [3.8, 4) is 0 Å². The third kappa shape index (κ3) is 4.40. The van der Waals surface area contributed by atoms with E-state index in [0.29, 0.717) is 18.8 Å². The third-order valence-electron chi connectivity index (χ3n) is 4.49. The van der Waals surface area contributed by atoms with Crippen molar-refractivity contribution in [3.63, 3.8) is 0 Å². The van der Waals surface area contributed by atoms with Gasteiger partial charge in [-0.1, -0.05) is 30.3 Å². The molecule has 1 heterocycles. The van der Waals surface area contributed by atoms with E-state index >= 15 is 0 Å². The van der Waals surface area contributed by atoms with E-state index < -0.39 is 0 Å². The monoisotopic (exact) mass is 353 g/mol. The number of carbonyl (C=O) groups is 2. The molecule has 0 spiro atoms. The molecule has 0 bridgehead atoms. The van der Waals surface area contributed by atoms with Gasteiger partial charge in [0.05, 0.1) is 12.7 Å². The lowest BCUT2D eigenvalue weighted by Gasteiger charge is -2.25. The summed E-state index contributed by atoms with van der Waals surface area (Å²) in [6.07, 6.45) is 0.751. The van der Waals surface area contributed by atoms with Gasteiger partial charge in [-0.2, -0.15) is 0 Å². The summed E-state index contributed by atoms with van der Waals surface area (Å²) >= 11 is 0. The highest BCUT2D eigenvalue weighted by Gasteiger charge is 2.19. The average Bonchev–Trinajstić information content (AvgIpc) is 2.65. The van der Waals surface area contributed by atoms with Crippen molar-refractivity contribution in [2.45, 2.75) is 26.1 Å². The number of nitrogens with zero attached hydrogens (tertiary/aromatic N) is 1. The van der Waals surface area contributed by atoms with Gasteiger partial charge in [-0.25, -0.2) is 4.79 Å². The molecule has 0 aliphatic carbocycles. The first-order valence-corrected chi connectivity index (χ1v) is 8.60. The van der Waals surface area contributed by atoms with Crippen LogP contribution in [0.2, 0.25) is 0 Å². The molecule has 0 saturated heterocycles. The molecule has 0 fully saturated rings. The molecule has 0 unspecified atom stereocenters. The molecule has 2 N–H and O–H groups in total. The Kier molecular flexibility index (Phi) is 5.53. The highest BCUT2D eigenvalue weighted by atomic mass is 16.5. The van der Waals surface area contributed by atoms with Crippen molar-refractivity contribution in [2.75, 3.05) is 23.8 Å². The Hall–Kier alpha value is -2.86. The normalized spacial score (nSPS) is 15.7. The van der Waals surface area contributed by atoms with Gasteiger partial charge in [0, 0.05) is 38.3 Å². The van der Waals surface area contributed by atoms with Crippen molar-refractivity contribution in [1.82, 2.24) is 5.32 Å². The zero-order valence-electron chi connectivity index (χ0n) is 15.0. The van der Waals surface area contributed by atoms with Crippen LogP contribution in [0.15, 0.2) is 48.5 Å². The van der Waals surface area contributed by atoms with Crippen molar-refractivity contribution >= 4 is 23.3 Å². The molecule has 1 atom stereocenters. The lowest BCUT2D eigenvalue weighted by Crippen LogP contribution is -2.38. The van der Waals surface area contributed by atoms with Crippen LogP contribution in [0.25, 0.3) is 0 Å². The third-order valence-corrected chi connectivity index (χ3v) is 4.49. The Morgan fingerprint density at radius 3 is 2.69 bits per heavy atom. The van der Waals surface area contributed by atoms with Gasteiger partial charge in [0.15, 0.2) is 0 Å². The summed E-state index contributed by atoms with van der Waals surface area (Å²) < 4.78 is 5.80. The number of benzene rings is 2. The van der Waals surface area contributed by atoms with E-state index in [2.05, 4.69) is 22.8 Å². The van der Waals surface area contributed by atoms with Crippen molar-refractivity contribution < 1.29 is 14.3 Å². The highest BCUT2D eigenvalue weighted by molar-refractivity contribution is 5.93. The molecule has 2 aromatic carbocycles. The lowest BCUT2D eigenvalue weighted by molar-refractivity contribution is -0.116. The van der Waals surface area contributed by atoms with E-state index in [-0.39, 0.29) is 18.0 Å². The maximum Gasteiger partial charge on any atom is 0.319 e. The van der Waals surface area contributed by atoms with Gasteiger partial charge in [0.25, 0.3) is 0 Å². The maximum atomic E-state index is 12.2. The largest absolute Gasteiger partial charge is 0.371 e. The van der Waals surface area contributed by atoms with E-state index in [1.54, 1.807) is 25.2 Å². The average molecular weight is 353 g/mol. The minimum atomic E-state index is -0.296. The van der Waals surface area contributed by atoms with Crippen LogP contribution in [0, 0.1) is 0 Å². The Morgan fingerprint density at radius 2 is 1.92 bits per heavy atom. The number of amides is 3. The molecular weight excluding hydrogens is 330 g/mol. The van der Waals surface area contributed by atoms with Gasteiger partial charge in [-0.3, -0.25) is 4.79 Å². The Bertz CT molecular complexity index is 806. The number of carbonyl (C=O) groups excluding carboxylic acids is 2. The van der Waals surface area contributed by atoms with Gasteiger partial charge in [-0.05, 0) is 29.3 Å². The number of urea groups is 1. The van der Waals surface area contributed by atoms with E-state index in [4.69, 9.17) is 4.74 Å². The first-order valence-electron chi connectivity index (χ1n) is 8.60. The van der Waals surface area contributed by atoms with Crippen molar-refractivity contribution in [2.24, 2.45) is 0 Å². The molecule has 3 rings (SSSR count). The van der Waals surface area contributed by atoms with E-state index in [0.717, 1.165) is 12.1 Å². The second-order valence-electron chi connectivity index (χ2n) is 6.37. The molecular formula is C20H23N3O3. The zero-order valence-corrected chi connectivity index (χ0v) is 15.0. The van der Waals surface area contributed by atoms with Crippen LogP contribution >= 0.6 is 0 Å². The first kappa shape index (κ1) is 17.9. The molecule has 1 aliphatic rings. The van der Waals surface area contributed by atoms with Gasteiger partial charge >= 0.3 is 6.03 Å². The molecule has 6 heteroatoms. The Balaban J connectivity index is 1.52. The predicted molar refractivity (Wildman–Crippen MR) is 101 cm³/mol. The van der Waals surface area contributed by atoms with E-state index in [9.17, 15) is 9.59 Å². The molecule has 136 valence electrons. The molecule has 0 radical (unpaired) electrons. The SMILES string of the molecule is CC(=O)N(C)c1cccc(NC(=O)NC[C@@H]2Cc3ccccc3CO2)c1. The minimum Gasteiger partial charge on any atom is -0.371 e. The number of fused-ring (bicyclic) bond motifs is 1. The van der Waals surface area contributed by atoms with E-state index in [1.807, 2.05) is 18.2 Å². The number of ether oxygens (including phenoxy) is 1. The summed E-state index contributed by atoms with van der Waals surface area (Å²) in [5.74, 6) is -0.0682. The maximum absolute atomic E-state index is 12.2. The van der Waals surface area contributed by atoms with Gasteiger partial charge in [0.2, 0.25) is 5.91 Å². The smallest absolute Gasteiger partial charge is 0.319 e. The lowest BCUT2D eigenvalue weighted by atomic mass is 9.99. The molecule has 2 aromatic rings. The van der Waals surface area contributed by atoms with Crippen LogP contribution in [0.4, 0.5) is 16.2 Å². The fraction of sp³-hybridized carbons (Fsp3) is 0.300. The van der Waals surface area contributed by atoms with E-state index in [1.165, 1.54) is 23.0 Å². The van der Waals surface area contributed by atoms with Gasteiger partial charge in [0.1, 0.15) is 0 Å². The molecule has 0 saturated carbocycles. The summed E-state index contributed by atoms with van der Waals surface area (Å²) in [5, 5.41) is 5.64. The Morgan fingerprint density at radius 1 is 1.15 bits per heavy atom. The van der Waals surface area contributed by atoms with Crippen LogP contribution in [0.3, 0.4) is 0 Å². The van der Waals surface area contributed by atoms with Crippen LogP contribution < -0.4 is 15.5 Å². The minimum absolute atomic E-state index is 0.0363. The number of anilines is 2. The topological polar surface area (TPSA) is 70.7 Å². The molecule has 1 aliphatic heterocycles. The molecule has 0 aromatic heterocycles. The summed E-state index contributed by atoms with van der Waals surface area (Å²) in [6, 6.07) is 15.1. The van der Waals surface area contributed by atoms with Gasteiger partial charge < -0.3 is 20.3 Å². The van der Waals surface area contributed by atoms with Crippen molar-refractivity contribution in [1.29, 1.82) is 0 Å². The Labute approximate surface area is 153 Å². The summed E-state index contributed by atoms with van der Waals surface area (Å²) in [4.78, 5) is 25.1. The van der Waals surface area contributed by atoms with Crippen molar-refractivity contribution in [3.05, 3.63) is 59.7 Å². The number of hydrogen-bond donors (Lipinski definition) is 2. The summed E-state index contributed by atoms with van der Waals surface area (Å²) in [6.45, 7) is 2.51. The highest BCUT2D eigenvalue weighted by Crippen LogP contribution is 2.20. The van der Waals surface area contributed by atoms with Gasteiger partial charge in [-0.15, -0.1) is 0 Å². The second-order valence-corrected chi connectivity index (χ2v) is 6.37.